The van der Waals surface area contributed by atoms with Gasteiger partial charge in [-0.25, -0.2) is 10.6 Å². The maximum atomic E-state index is 10.9. The smallest absolute Gasteiger partial charge is 0.354 e. The Labute approximate surface area is 145 Å². The number of benzene rings is 2. The Kier molecular flexibility index (Phi) is 5.89. The quantitative estimate of drug-likeness (QED) is 0.365. The van der Waals surface area contributed by atoms with Crippen LogP contribution in [-0.4, -0.2) is 11.1 Å². The van der Waals surface area contributed by atoms with E-state index in [0.29, 0.717) is 5.75 Å². The number of aryl methyl sites for hydroxylation is 2. The fourth-order valence-corrected chi connectivity index (χ4v) is 3.20. The van der Waals surface area contributed by atoms with Gasteiger partial charge in [-0.15, -0.1) is 11.8 Å². The third-order valence-electron chi connectivity index (χ3n) is 3.64. The molecule has 24 heavy (non-hydrogen) atoms. The molecule has 126 valence electrons. The Morgan fingerprint density at radius 2 is 1.83 bits per heavy atom. The van der Waals surface area contributed by atoms with E-state index in [4.69, 9.17) is 16.7 Å². The van der Waals surface area contributed by atoms with Crippen LogP contribution in [0.2, 0.25) is 0 Å². The average molecular weight is 343 g/mol. The van der Waals surface area contributed by atoms with Crippen LogP contribution in [0.3, 0.4) is 0 Å². The molecule has 0 atom stereocenters. The lowest BCUT2D eigenvalue weighted by atomic mass is 9.98. The molecule has 6 heteroatoms. The van der Waals surface area contributed by atoms with E-state index >= 15 is 0 Å². The summed E-state index contributed by atoms with van der Waals surface area (Å²) in [5.41, 5.74) is 13.4. The van der Waals surface area contributed by atoms with Gasteiger partial charge in [-0.2, -0.15) is 0 Å². The molecule has 0 saturated carbocycles. The number of hydrazine groups is 1. The molecular formula is C18H21N3O2S. The second kappa shape index (κ2) is 7.90. The van der Waals surface area contributed by atoms with Crippen molar-refractivity contribution in [3.05, 3.63) is 69.9 Å². The summed E-state index contributed by atoms with van der Waals surface area (Å²) in [6.45, 7) is 4.18. The molecule has 0 aliphatic heterocycles. The van der Waals surface area contributed by atoms with Gasteiger partial charge in [0.1, 0.15) is 10.7 Å². The zero-order chi connectivity index (χ0) is 17.7. The average Bonchev–Trinajstić information content (AvgIpc) is 2.56. The Morgan fingerprint density at radius 1 is 1.17 bits per heavy atom. The number of carbonyl (C=O) groups is 1. The van der Waals surface area contributed by atoms with E-state index in [-0.39, 0.29) is 10.7 Å². The van der Waals surface area contributed by atoms with Crippen molar-refractivity contribution >= 4 is 17.7 Å². The molecule has 2 aromatic carbocycles. The highest BCUT2D eigenvalue weighted by molar-refractivity contribution is 8.02. The summed E-state index contributed by atoms with van der Waals surface area (Å²) in [7, 11) is 0. The number of rotatable bonds is 6. The van der Waals surface area contributed by atoms with Crippen LogP contribution in [0.1, 0.15) is 16.7 Å². The summed E-state index contributed by atoms with van der Waals surface area (Å²) >= 11 is 1.26. The normalized spacial score (nSPS) is 11.8. The Balaban J connectivity index is 2.12. The molecule has 0 spiro atoms. The maximum absolute atomic E-state index is 10.9. The number of nitrogens with one attached hydrogen (secondary N) is 1. The highest BCUT2D eigenvalue weighted by atomic mass is 32.2. The lowest BCUT2D eigenvalue weighted by Crippen LogP contribution is -2.26. The molecule has 2 aromatic rings. The standard InChI is InChI=1S/C18H21N3O2S/c1-11-3-8-15(12(2)9-11)14-6-4-13(5-7-14)10-24-17(21-20)16(19)18(22)23/h3-9,21H,10,19-20H2,1-2H3,(H,22,23)/b17-16+. The molecule has 0 radical (unpaired) electrons. The van der Waals surface area contributed by atoms with Gasteiger partial charge in [0.25, 0.3) is 0 Å². The fraction of sp³-hybridized carbons (Fsp3) is 0.167. The first-order chi connectivity index (χ1) is 11.4. The molecule has 0 unspecified atom stereocenters. The van der Waals surface area contributed by atoms with Crippen LogP contribution in [0.25, 0.3) is 11.1 Å². The zero-order valence-corrected chi connectivity index (χ0v) is 14.5. The van der Waals surface area contributed by atoms with Crippen LogP contribution >= 0.6 is 11.8 Å². The van der Waals surface area contributed by atoms with Gasteiger partial charge in [-0.3, -0.25) is 0 Å². The van der Waals surface area contributed by atoms with Gasteiger partial charge in [0.2, 0.25) is 0 Å². The Hall–Kier alpha value is -2.44. The number of aliphatic carboxylic acids is 1. The summed E-state index contributed by atoms with van der Waals surface area (Å²) < 4.78 is 0. The number of nitrogens with two attached hydrogens (primary N) is 2. The molecule has 6 N–H and O–H groups in total. The molecule has 5 nitrogen and oxygen atoms in total. The van der Waals surface area contributed by atoms with Crippen LogP contribution in [-0.2, 0) is 10.5 Å². The number of carboxylic acid groups (broad SMARTS) is 1. The van der Waals surface area contributed by atoms with Crippen molar-refractivity contribution in [3.63, 3.8) is 0 Å². The first-order valence-corrected chi connectivity index (χ1v) is 8.40. The summed E-state index contributed by atoms with van der Waals surface area (Å²) in [5, 5.41) is 9.15. The fourth-order valence-electron chi connectivity index (χ4n) is 2.37. The Morgan fingerprint density at radius 3 is 2.38 bits per heavy atom. The molecule has 0 amide bonds. The SMILES string of the molecule is Cc1ccc(-c2ccc(CS/C(NN)=C(/N)C(=O)O)cc2)c(C)c1. The van der Waals surface area contributed by atoms with Gasteiger partial charge in [-0.05, 0) is 36.1 Å². The summed E-state index contributed by atoms with van der Waals surface area (Å²) in [5.74, 6) is 4.71. The van der Waals surface area contributed by atoms with Crippen molar-refractivity contribution in [1.29, 1.82) is 0 Å². The lowest BCUT2D eigenvalue weighted by molar-refractivity contribution is -0.132. The molecule has 0 aromatic heterocycles. The van der Waals surface area contributed by atoms with Gasteiger partial charge in [0.15, 0.2) is 0 Å². The van der Waals surface area contributed by atoms with Gasteiger partial charge in [0, 0.05) is 5.75 Å². The van der Waals surface area contributed by atoms with E-state index in [1.54, 1.807) is 0 Å². The minimum Gasteiger partial charge on any atom is -0.477 e. The van der Waals surface area contributed by atoms with Crippen molar-refractivity contribution in [2.75, 3.05) is 0 Å². The minimum absolute atomic E-state index is 0.251. The summed E-state index contributed by atoms with van der Waals surface area (Å²) in [4.78, 5) is 10.9. The van der Waals surface area contributed by atoms with Crippen molar-refractivity contribution in [3.8, 4) is 11.1 Å². The largest absolute Gasteiger partial charge is 0.477 e. The van der Waals surface area contributed by atoms with Crippen LogP contribution in [0, 0.1) is 13.8 Å². The molecule has 0 aliphatic carbocycles. The topological polar surface area (TPSA) is 101 Å². The van der Waals surface area contributed by atoms with Crippen LogP contribution in [0.5, 0.6) is 0 Å². The monoisotopic (exact) mass is 343 g/mol. The lowest BCUT2D eigenvalue weighted by Gasteiger charge is -2.10. The van der Waals surface area contributed by atoms with Crippen LogP contribution in [0.15, 0.2) is 53.2 Å². The van der Waals surface area contributed by atoms with Gasteiger partial charge in [0.05, 0.1) is 0 Å². The van der Waals surface area contributed by atoms with E-state index in [9.17, 15) is 4.79 Å². The highest BCUT2D eigenvalue weighted by Gasteiger charge is 2.10. The molecular weight excluding hydrogens is 322 g/mol. The molecule has 0 saturated heterocycles. The van der Waals surface area contributed by atoms with E-state index in [1.165, 1.54) is 28.5 Å². The predicted octanol–water partition coefficient (Wildman–Crippen LogP) is 2.88. The number of hydrogen-bond donors (Lipinski definition) is 4. The minimum atomic E-state index is -1.19. The van der Waals surface area contributed by atoms with Crippen molar-refractivity contribution in [1.82, 2.24) is 5.43 Å². The van der Waals surface area contributed by atoms with E-state index in [2.05, 4.69) is 49.6 Å². The predicted molar refractivity (Wildman–Crippen MR) is 98.8 cm³/mol. The van der Waals surface area contributed by atoms with Gasteiger partial charge >= 0.3 is 5.97 Å². The summed E-state index contributed by atoms with van der Waals surface area (Å²) in [6, 6.07) is 14.6. The molecule has 0 heterocycles. The van der Waals surface area contributed by atoms with Crippen molar-refractivity contribution in [2.24, 2.45) is 11.6 Å². The highest BCUT2D eigenvalue weighted by Crippen LogP contribution is 2.26. The van der Waals surface area contributed by atoms with E-state index < -0.39 is 5.97 Å². The van der Waals surface area contributed by atoms with Gasteiger partial charge in [-0.1, -0.05) is 48.0 Å². The third-order valence-corrected chi connectivity index (χ3v) is 4.74. The number of carboxylic acids is 1. The summed E-state index contributed by atoms with van der Waals surface area (Å²) in [6.07, 6.45) is 0. The first-order valence-electron chi connectivity index (χ1n) is 7.41. The second-order valence-corrected chi connectivity index (χ2v) is 6.48. The number of thioether (sulfide) groups is 1. The molecule has 0 aliphatic rings. The van der Waals surface area contributed by atoms with Crippen molar-refractivity contribution in [2.45, 2.75) is 19.6 Å². The molecule has 2 rings (SSSR count). The molecule has 0 fully saturated rings. The Bertz CT molecular complexity index is 770. The third kappa shape index (κ3) is 4.31. The van der Waals surface area contributed by atoms with Crippen LogP contribution < -0.4 is 17.0 Å². The van der Waals surface area contributed by atoms with Crippen molar-refractivity contribution < 1.29 is 9.90 Å². The van der Waals surface area contributed by atoms with Crippen LogP contribution in [0.4, 0.5) is 0 Å². The number of hydrogen-bond acceptors (Lipinski definition) is 5. The van der Waals surface area contributed by atoms with E-state index in [1.807, 2.05) is 12.1 Å². The maximum Gasteiger partial charge on any atom is 0.354 e. The first kappa shape index (κ1) is 17.9. The zero-order valence-electron chi connectivity index (χ0n) is 13.7. The molecule has 0 bridgehead atoms. The van der Waals surface area contributed by atoms with Gasteiger partial charge < -0.3 is 16.3 Å². The second-order valence-electron chi connectivity index (χ2n) is 5.50. The van der Waals surface area contributed by atoms with E-state index in [0.717, 1.165) is 11.1 Å².